The Morgan fingerprint density at radius 1 is 1.30 bits per heavy atom. The van der Waals surface area contributed by atoms with Crippen molar-refractivity contribution in [2.45, 2.75) is 43.8 Å². The molecule has 3 heterocycles. The van der Waals surface area contributed by atoms with Crippen LogP contribution in [0.25, 0.3) is 6.08 Å². The monoisotopic (exact) mass is 332 g/mol. The molecule has 5 heteroatoms. The van der Waals surface area contributed by atoms with Gasteiger partial charge in [0.2, 0.25) is 0 Å². The number of carbonyl (C=O) groups is 1. The molecule has 1 aromatic rings. The molecule has 3 aliphatic heterocycles. The summed E-state index contributed by atoms with van der Waals surface area (Å²) in [6, 6.07) is 6.97. The number of hydrogen-bond acceptors (Lipinski definition) is 3. The van der Waals surface area contributed by atoms with Crippen LogP contribution in [0, 0.1) is 0 Å². The number of nitrogens with zero attached hydrogens (tertiary/aromatic N) is 1. The fraction of sp³-hybridized carbons (Fsp3) is 0.500. The number of nitrogens with one attached hydrogen (secondary N) is 1. The first kappa shape index (κ1) is 15.0. The quantitative estimate of drug-likeness (QED) is 0.905. The van der Waals surface area contributed by atoms with E-state index >= 15 is 0 Å². The molecule has 0 saturated carbocycles. The van der Waals surface area contributed by atoms with Gasteiger partial charge in [0.1, 0.15) is 12.4 Å². The Morgan fingerprint density at radius 3 is 2.78 bits per heavy atom. The van der Waals surface area contributed by atoms with Crippen LogP contribution in [0.1, 0.15) is 31.2 Å². The highest BCUT2D eigenvalue weighted by atomic mass is 35.5. The van der Waals surface area contributed by atoms with Crippen molar-refractivity contribution in [3.05, 3.63) is 34.4 Å². The molecule has 2 fully saturated rings. The Bertz CT molecular complexity index is 661. The van der Waals surface area contributed by atoms with E-state index in [1.54, 1.807) is 6.07 Å². The summed E-state index contributed by atoms with van der Waals surface area (Å²) in [4.78, 5) is 14.8. The van der Waals surface area contributed by atoms with Crippen molar-refractivity contribution in [2.75, 3.05) is 13.7 Å². The van der Waals surface area contributed by atoms with Crippen LogP contribution in [-0.4, -0.2) is 42.6 Å². The fourth-order valence-electron chi connectivity index (χ4n) is 4.01. The van der Waals surface area contributed by atoms with E-state index in [-0.39, 0.29) is 5.91 Å². The molecule has 2 unspecified atom stereocenters. The van der Waals surface area contributed by atoms with E-state index in [1.807, 2.05) is 30.2 Å². The standard InChI is InChI=1S/C18H21ClN2O2/c1-21(16-8-14-3-4-15(9-16)20-14)18(22)12-6-11-7-13(19)2-5-17(11)23-10-12/h2,5-7,14-16,20H,3-4,8-10H2,1H3. The first-order chi connectivity index (χ1) is 11.1. The Kier molecular flexibility index (Phi) is 3.82. The molecule has 0 aromatic heterocycles. The second-order valence-corrected chi connectivity index (χ2v) is 7.26. The minimum absolute atomic E-state index is 0.0712. The van der Waals surface area contributed by atoms with E-state index in [1.165, 1.54) is 12.8 Å². The molecule has 2 bridgehead atoms. The Labute approximate surface area is 141 Å². The molecule has 122 valence electrons. The normalized spacial score (nSPS) is 28.6. The molecule has 1 amide bonds. The van der Waals surface area contributed by atoms with Crippen molar-refractivity contribution in [1.82, 2.24) is 10.2 Å². The molecule has 4 nitrogen and oxygen atoms in total. The average molecular weight is 333 g/mol. The largest absolute Gasteiger partial charge is 0.488 e. The summed E-state index contributed by atoms with van der Waals surface area (Å²) in [7, 11) is 1.92. The third-order valence-corrected chi connectivity index (χ3v) is 5.51. The molecule has 1 N–H and O–H groups in total. The van der Waals surface area contributed by atoms with Crippen LogP contribution in [0.5, 0.6) is 5.75 Å². The fourth-order valence-corrected chi connectivity index (χ4v) is 4.19. The number of amides is 1. The lowest BCUT2D eigenvalue weighted by molar-refractivity contribution is -0.128. The number of likely N-dealkylation sites (N-methyl/N-ethyl adjacent to an activating group) is 1. The molecule has 4 rings (SSSR count). The van der Waals surface area contributed by atoms with E-state index in [9.17, 15) is 4.79 Å². The van der Waals surface area contributed by atoms with Crippen molar-refractivity contribution < 1.29 is 9.53 Å². The maximum absolute atomic E-state index is 12.9. The molecule has 0 aliphatic carbocycles. The lowest BCUT2D eigenvalue weighted by Crippen LogP contribution is -2.49. The number of ether oxygens (including phenoxy) is 1. The molecule has 3 aliphatic rings. The van der Waals surface area contributed by atoms with E-state index in [2.05, 4.69) is 5.32 Å². The minimum atomic E-state index is 0.0712. The number of halogens is 1. The van der Waals surface area contributed by atoms with E-state index in [0.29, 0.717) is 35.3 Å². The molecule has 1 aromatic carbocycles. The maximum atomic E-state index is 12.9. The lowest BCUT2D eigenvalue weighted by Gasteiger charge is -2.36. The Morgan fingerprint density at radius 2 is 2.04 bits per heavy atom. The molecule has 23 heavy (non-hydrogen) atoms. The molecule has 2 atom stereocenters. The van der Waals surface area contributed by atoms with Gasteiger partial charge in [0.05, 0.1) is 5.57 Å². The van der Waals surface area contributed by atoms with Gasteiger partial charge in [-0.1, -0.05) is 11.6 Å². The summed E-state index contributed by atoms with van der Waals surface area (Å²) in [5, 5.41) is 4.27. The summed E-state index contributed by atoms with van der Waals surface area (Å²) in [6.45, 7) is 0.329. The van der Waals surface area contributed by atoms with Gasteiger partial charge in [0, 0.05) is 35.8 Å². The van der Waals surface area contributed by atoms with Crippen LogP contribution in [0.2, 0.25) is 5.02 Å². The van der Waals surface area contributed by atoms with Gasteiger partial charge in [-0.25, -0.2) is 0 Å². The number of carbonyl (C=O) groups excluding carboxylic acids is 1. The van der Waals surface area contributed by atoms with Gasteiger partial charge in [0.25, 0.3) is 5.91 Å². The summed E-state index contributed by atoms with van der Waals surface area (Å²) in [5.74, 6) is 0.857. The van der Waals surface area contributed by atoms with Gasteiger partial charge in [-0.2, -0.15) is 0 Å². The minimum Gasteiger partial charge on any atom is -0.488 e. The number of fused-ring (bicyclic) bond motifs is 3. The van der Waals surface area contributed by atoms with Crippen LogP contribution in [0.15, 0.2) is 23.8 Å². The zero-order chi connectivity index (χ0) is 16.0. The highest BCUT2D eigenvalue weighted by Gasteiger charge is 2.37. The smallest absolute Gasteiger partial charge is 0.253 e. The number of benzene rings is 1. The summed E-state index contributed by atoms with van der Waals surface area (Å²) < 4.78 is 5.72. The van der Waals surface area contributed by atoms with Gasteiger partial charge < -0.3 is 15.0 Å². The first-order valence-electron chi connectivity index (χ1n) is 8.26. The van der Waals surface area contributed by atoms with Crippen LogP contribution in [0.4, 0.5) is 0 Å². The zero-order valence-corrected chi connectivity index (χ0v) is 14.0. The van der Waals surface area contributed by atoms with Crippen molar-refractivity contribution in [1.29, 1.82) is 0 Å². The van der Waals surface area contributed by atoms with Crippen LogP contribution >= 0.6 is 11.6 Å². The van der Waals surface area contributed by atoms with E-state index < -0.39 is 0 Å². The molecule has 0 spiro atoms. The topological polar surface area (TPSA) is 41.6 Å². The van der Waals surface area contributed by atoms with Gasteiger partial charge >= 0.3 is 0 Å². The van der Waals surface area contributed by atoms with Crippen molar-refractivity contribution in [2.24, 2.45) is 0 Å². The summed E-state index contributed by atoms with van der Waals surface area (Å²) in [5.41, 5.74) is 1.58. The second-order valence-electron chi connectivity index (χ2n) is 6.82. The van der Waals surface area contributed by atoms with E-state index in [0.717, 1.165) is 24.2 Å². The van der Waals surface area contributed by atoms with Gasteiger partial charge in [-0.15, -0.1) is 0 Å². The summed E-state index contributed by atoms with van der Waals surface area (Å²) in [6.07, 6.45) is 6.49. The molecular formula is C18H21ClN2O2. The van der Waals surface area contributed by atoms with Crippen molar-refractivity contribution in [3.63, 3.8) is 0 Å². The number of hydrogen-bond donors (Lipinski definition) is 1. The SMILES string of the molecule is CN(C(=O)C1=Cc2cc(Cl)ccc2OC1)C1CC2CCC(C1)N2. The maximum Gasteiger partial charge on any atom is 0.253 e. The molecule has 2 saturated heterocycles. The molecule has 0 radical (unpaired) electrons. The molecular weight excluding hydrogens is 312 g/mol. The third-order valence-electron chi connectivity index (χ3n) is 5.28. The average Bonchev–Trinajstić information content (AvgIpc) is 2.90. The Hall–Kier alpha value is -1.52. The summed E-state index contributed by atoms with van der Waals surface area (Å²) >= 11 is 6.04. The second kappa shape index (κ2) is 5.84. The van der Waals surface area contributed by atoms with Crippen molar-refractivity contribution in [3.8, 4) is 5.75 Å². The predicted molar refractivity (Wildman–Crippen MR) is 90.7 cm³/mol. The van der Waals surface area contributed by atoms with Crippen LogP contribution < -0.4 is 10.1 Å². The predicted octanol–water partition coefficient (Wildman–Crippen LogP) is 2.86. The van der Waals surface area contributed by atoms with Gasteiger partial charge in [-0.3, -0.25) is 4.79 Å². The van der Waals surface area contributed by atoms with Crippen LogP contribution in [0.3, 0.4) is 0 Å². The highest BCUT2D eigenvalue weighted by molar-refractivity contribution is 6.30. The van der Waals surface area contributed by atoms with Crippen LogP contribution in [-0.2, 0) is 4.79 Å². The first-order valence-corrected chi connectivity index (χ1v) is 8.64. The zero-order valence-electron chi connectivity index (χ0n) is 13.2. The third kappa shape index (κ3) is 2.86. The lowest BCUT2D eigenvalue weighted by atomic mass is 9.97. The van der Waals surface area contributed by atoms with Gasteiger partial charge in [0.15, 0.2) is 0 Å². The Balaban J connectivity index is 1.52. The van der Waals surface area contributed by atoms with Crippen molar-refractivity contribution >= 4 is 23.6 Å². The number of rotatable bonds is 2. The van der Waals surface area contributed by atoms with E-state index in [4.69, 9.17) is 16.3 Å². The highest BCUT2D eigenvalue weighted by Crippen LogP contribution is 2.32. The van der Waals surface area contributed by atoms with Gasteiger partial charge in [-0.05, 0) is 50.0 Å². The number of piperidine rings is 1.